The second kappa shape index (κ2) is 7.58. The number of benzene rings is 1. The van der Waals surface area contributed by atoms with Gasteiger partial charge in [-0.2, -0.15) is 0 Å². The Morgan fingerprint density at radius 1 is 1.27 bits per heavy atom. The first kappa shape index (κ1) is 14.3. The van der Waals surface area contributed by atoms with Crippen molar-refractivity contribution in [2.75, 3.05) is 5.73 Å². The smallest absolute Gasteiger partial charge is 0.0427 e. The second-order valence-corrected chi connectivity index (χ2v) is 3.93. The molecule has 0 atom stereocenters. The van der Waals surface area contributed by atoms with E-state index in [1.54, 1.807) is 0 Å². The molecule has 0 fully saturated rings. The minimum Gasteiger partial charge on any atom is -0.398 e. The molecule has 0 bridgehead atoms. The van der Waals surface area contributed by atoms with Crippen molar-refractivity contribution in [3.05, 3.63) is 29.3 Å². The van der Waals surface area contributed by atoms with E-state index in [-0.39, 0.29) is 12.4 Å². The van der Waals surface area contributed by atoms with Crippen LogP contribution in [0.25, 0.3) is 0 Å². The van der Waals surface area contributed by atoms with Crippen LogP contribution in [0.3, 0.4) is 0 Å². The molecule has 0 spiro atoms. The van der Waals surface area contributed by atoms with E-state index in [4.69, 9.17) is 5.73 Å². The monoisotopic (exact) mass is 226 g/mol. The molecule has 2 N–H and O–H groups in total. The van der Waals surface area contributed by atoms with E-state index in [0.717, 1.165) is 12.1 Å². The quantitative estimate of drug-likeness (QED) is 0.598. The zero-order valence-electron chi connectivity index (χ0n) is 9.68. The van der Waals surface area contributed by atoms with Gasteiger partial charge in [0.2, 0.25) is 0 Å². The summed E-state index contributed by atoms with van der Waals surface area (Å²) in [6, 6.07) is 7.21. The Morgan fingerprint density at radius 3 is 2.67 bits per heavy atom. The van der Waals surface area contributed by atoms with Crippen LogP contribution in [0.1, 0.15) is 43.7 Å². The normalized spacial score (nSPS) is 9.73. The molecule has 85 valence electrons. The SMILES string of the molecule is CCCCCCc1cc(C)c[c]c1N.Cl. The van der Waals surface area contributed by atoms with E-state index in [2.05, 4.69) is 26.0 Å². The molecule has 0 unspecified atom stereocenters. The number of halogens is 1. The molecular weight excluding hydrogens is 206 g/mol. The summed E-state index contributed by atoms with van der Waals surface area (Å²) in [5, 5.41) is 0. The van der Waals surface area contributed by atoms with Gasteiger partial charge in [-0.25, -0.2) is 0 Å². The van der Waals surface area contributed by atoms with Crippen molar-refractivity contribution in [3.63, 3.8) is 0 Å². The first-order valence-corrected chi connectivity index (χ1v) is 5.50. The summed E-state index contributed by atoms with van der Waals surface area (Å²) >= 11 is 0. The third-order valence-corrected chi connectivity index (χ3v) is 2.50. The molecule has 0 aliphatic rings. The van der Waals surface area contributed by atoms with Crippen molar-refractivity contribution < 1.29 is 0 Å². The van der Waals surface area contributed by atoms with Gasteiger partial charge in [-0.15, -0.1) is 12.4 Å². The minimum atomic E-state index is 0. The summed E-state index contributed by atoms with van der Waals surface area (Å²) in [5.74, 6) is 0. The summed E-state index contributed by atoms with van der Waals surface area (Å²) in [6.45, 7) is 4.32. The van der Waals surface area contributed by atoms with Crippen LogP contribution < -0.4 is 5.73 Å². The highest BCUT2D eigenvalue weighted by atomic mass is 35.5. The lowest BCUT2D eigenvalue weighted by molar-refractivity contribution is 0.667. The van der Waals surface area contributed by atoms with E-state index < -0.39 is 0 Å². The van der Waals surface area contributed by atoms with Gasteiger partial charge in [0.15, 0.2) is 0 Å². The van der Waals surface area contributed by atoms with Gasteiger partial charge in [0.25, 0.3) is 0 Å². The van der Waals surface area contributed by atoms with Crippen molar-refractivity contribution in [3.8, 4) is 0 Å². The Labute approximate surface area is 99.5 Å². The number of nitrogens with two attached hydrogens (primary N) is 1. The molecule has 1 aromatic carbocycles. The van der Waals surface area contributed by atoms with Gasteiger partial charge in [-0.1, -0.05) is 37.8 Å². The van der Waals surface area contributed by atoms with Gasteiger partial charge >= 0.3 is 0 Å². The molecule has 1 rings (SSSR count). The van der Waals surface area contributed by atoms with E-state index in [9.17, 15) is 0 Å². The van der Waals surface area contributed by atoms with Gasteiger partial charge in [-0.3, -0.25) is 0 Å². The molecule has 15 heavy (non-hydrogen) atoms. The average Bonchev–Trinajstić information content (AvgIpc) is 2.18. The van der Waals surface area contributed by atoms with Gasteiger partial charge in [0.1, 0.15) is 0 Å². The zero-order chi connectivity index (χ0) is 10.4. The first-order chi connectivity index (χ1) is 6.74. The molecule has 0 saturated heterocycles. The molecule has 0 saturated carbocycles. The third-order valence-electron chi connectivity index (χ3n) is 2.50. The highest BCUT2D eigenvalue weighted by Crippen LogP contribution is 2.16. The number of unbranched alkanes of at least 4 members (excludes halogenated alkanes) is 3. The standard InChI is InChI=1S/C13H20N.ClH/c1-3-4-5-6-7-12-10-11(2)8-9-13(12)14;/h8,10H,3-7,14H2,1-2H3;1H. The molecule has 2 heteroatoms. The topological polar surface area (TPSA) is 26.0 Å². The maximum atomic E-state index is 5.85. The maximum absolute atomic E-state index is 5.85. The fourth-order valence-electron chi connectivity index (χ4n) is 1.63. The Morgan fingerprint density at radius 2 is 2.00 bits per heavy atom. The van der Waals surface area contributed by atoms with Crippen LogP contribution in [0.15, 0.2) is 12.1 Å². The number of rotatable bonds is 5. The summed E-state index contributed by atoms with van der Waals surface area (Å²) in [7, 11) is 0. The molecular formula is C13H21ClN. The van der Waals surface area contributed by atoms with E-state index in [1.165, 1.54) is 36.8 Å². The molecule has 0 heterocycles. The van der Waals surface area contributed by atoms with Crippen LogP contribution in [0.5, 0.6) is 0 Å². The van der Waals surface area contributed by atoms with Crippen molar-refractivity contribution in [2.24, 2.45) is 0 Å². The van der Waals surface area contributed by atoms with Crippen LogP contribution in [-0.2, 0) is 6.42 Å². The average molecular weight is 227 g/mol. The fraction of sp³-hybridized carbons (Fsp3) is 0.538. The van der Waals surface area contributed by atoms with Crippen LogP contribution in [0, 0.1) is 13.0 Å². The van der Waals surface area contributed by atoms with Crippen LogP contribution in [0.4, 0.5) is 5.69 Å². The van der Waals surface area contributed by atoms with E-state index in [1.807, 2.05) is 6.07 Å². The van der Waals surface area contributed by atoms with Crippen LogP contribution >= 0.6 is 12.4 Å². The third kappa shape index (κ3) is 5.08. The predicted molar refractivity (Wildman–Crippen MR) is 69.5 cm³/mol. The minimum absolute atomic E-state index is 0. The summed E-state index contributed by atoms with van der Waals surface area (Å²) in [5.41, 5.74) is 9.19. The van der Waals surface area contributed by atoms with Gasteiger partial charge in [0, 0.05) is 11.8 Å². The first-order valence-electron chi connectivity index (χ1n) is 5.50. The Kier molecular flexibility index (Phi) is 7.23. The lowest BCUT2D eigenvalue weighted by Crippen LogP contribution is -1.95. The molecule has 1 nitrogen and oxygen atoms in total. The lowest BCUT2D eigenvalue weighted by Gasteiger charge is -2.05. The van der Waals surface area contributed by atoms with Gasteiger partial charge in [0.05, 0.1) is 0 Å². The lowest BCUT2D eigenvalue weighted by atomic mass is 10.0. The Hall–Kier alpha value is -0.690. The van der Waals surface area contributed by atoms with Crippen molar-refractivity contribution in [2.45, 2.75) is 46.0 Å². The van der Waals surface area contributed by atoms with Crippen molar-refractivity contribution >= 4 is 18.1 Å². The highest BCUT2D eigenvalue weighted by Gasteiger charge is 1.99. The summed E-state index contributed by atoms with van der Waals surface area (Å²) in [4.78, 5) is 0. The molecule has 1 radical (unpaired) electrons. The number of hydrogen-bond donors (Lipinski definition) is 1. The number of anilines is 1. The highest BCUT2D eigenvalue weighted by molar-refractivity contribution is 5.85. The number of hydrogen-bond acceptors (Lipinski definition) is 1. The fourth-order valence-corrected chi connectivity index (χ4v) is 1.63. The molecule has 0 amide bonds. The summed E-state index contributed by atoms with van der Waals surface area (Å²) < 4.78 is 0. The van der Waals surface area contributed by atoms with E-state index >= 15 is 0 Å². The van der Waals surface area contributed by atoms with Gasteiger partial charge < -0.3 is 5.73 Å². The predicted octanol–water partition coefficient (Wildman–Crippen LogP) is 3.92. The molecule has 0 aromatic heterocycles. The largest absolute Gasteiger partial charge is 0.398 e. The van der Waals surface area contributed by atoms with Crippen LogP contribution in [0.2, 0.25) is 0 Å². The Balaban J connectivity index is 0.00000196. The second-order valence-electron chi connectivity index (χ2n) is 3.93. The van der Waals surface area contributed by atoms with Crippen molar-refractivity contribution in [1.82, 2.24) is 0 Å². The zero-order valence-corrected chi connectivity index (χ0v) is 10.5. The molecule has 0 aliphatic heterocycles. The van der Waals surface area contributed by atoms with Crippen molar-refractivity contribution in [1.29, 1.82) is 0 Å². The molecule has 1 aromatic rings. The Bertz CT molecular complexity index is 284. The van der Waals surface area contributed by atoms with Crippen LogP contribution in [-0.4, -0.2) is 0 Å². The summed E-state index contributed by atoms with van der Waals surface area (Å²) in [6.07, 6.45) is 6.27. The maximum Gasteiger partial charge on any atom is 0.0427 e. The number of nitrogen functional groups attached to an aromatic ring is 1. The molecule has 0 aliphatic carbocycles. The van der Waals surface area contributed by atoms with Gasteiger partial charge in [-0.05, 0) is 31.4 Å². The number of aryl methyl sites for hydroxylation is 2. The van der Waals surface area contributed by atoms with E-state index in [0.29, 0.717) is 0 Å².